The van der Waals surface area contributed by atoms with Crippen LogP contribution in [0.1, 0.15) is 25.3 Å². The molecule has 1 aromatic carbocycles. The quantitative estimate of drug-likeness (QED) is 0.855. The maximum atomic E-state index is 13.7. The van der Waals surface area contributed by atoms with Gasteiger partial charge in [0.05, 0.1) is 7.11 Å². The molecule has 2 rings (SSSR count). The molecule has 19 heavy (non-hydrogen) atoms. The largest absolute Gasteiger partial charge is 0.494 e. The number of rotatable bonds is 6. The fourth-order valence-electron chi connectivity index (χ4n) is 2.60. The molecule has 0 aliphatic carbocycles. The lowest BCUT2D eigenvalue weighted by Gasteiger charge is -2.24. The molecule has 0 amide bonds. The number of likely N-dealkylation sites (N-methyl/N-ethyl adjacent to an activating group) is 1. The molecule has 0 spiro atoms. The van der Waals surface area contributed by atoms with E-state index in [1.165, 1.54) is 20.0 Å². The van der Waals surface area contributed by atoms with E-state index in [0.717, 1.165) is 31.7 Å². The van der Waals surface area contributed by atoms with Gasteiger partial charge in [-0.15, -0.1) is 0 Å². The standard InChI is InChI=1S/C15H23FN2O/c1-3-18(11-13-5-4-8-17-13)10-12-6-7-15(19-2)14(16)9-12/h6-7,9,13,17H,3-5,8,10-11H2,1-2H3. The lowest BCUT2D eigenvalue weighted by molar-refractivity contribution is 0.253. The molecule has 1 aliphatic heterocycles. The topological polar surface area (TPSA) is 24.5 Å². The van der Waals surface area contributed by atoms with Crippen molar-refractivity contribution in [2.24, 2.45) is 0 Å². The summed E-state index contributed by atoms with van der Waals surface area (Å²) in [4.78, 5) is 2.35. The molecule has 1 aliphatic rings. The van der Waals surface area contributed by atoms with Gasteiger partial charge in [-0.2, -0.15) is 0 Å². The van der Waals surface area contributed by atoms with Crippen molar-refractivity contribution in [2.75, 3.05) is 26.7 Å². The predicted octanol–water partition coefficient (Wildman–Crippen LogP) is 2.41. The number of nitrogens with one attached hydrogen (secondary N) is 1. The molecule has 4 heteroatoms. The third kappa shape index (κ3) is 3.91. The van der Waals surface area contributed by atoms with E-state index in [9.17, 15) is 4.39 Å². The predicted molar refractivity (Wildman–Crippen MR) is 74.9 cm³/mol. The van der Waals surface area contributed by atoms with Crippen LogP contribution >= 0.6 is 0 Å². The first-order valence-corrected chi connectivity index (χ1v) is 7.01. The van der Waals surface area contributed by atoms with Gasteiger partial charge in [-0.25, -0.2) is 4.39 Å². The summed E-state index contributed by atoms with van der Waals surface area (Å²) in [7, 11) is 1.49. The Balaban J connectivity index is 1.95. The number of hydrogen-bond donors (Lipinski definition) is 1. The molecule has 1 fully saturated rings. The first-order valence-electron chi connectivity index (χ1n) is 7.01. The lowest BCUT2D eigenvalue weighted by Crippen LogP contribution is -2.37. The van der Waals surface area contributed by atoms with Crippen molar-refractivity contribution in [3.63, 3.8) is 0 Å². The zero-order valence-corrected chi connectivity index (χ0v) is 11.8. The summed E-state index contributed by atoms with van der Waals surface area (Å²) < 4.78 is 18.6. The Morgan fingerprint density at radius 3 is 2.89 bits per heavy atom. The van der Waals surface area contributed by atoms with Crippen LogP contribution in [0.15, 0.2) is 18.2 Å². The fraction of sp³-hybridized carbons (Fsp3) is 0.600. The average molecular weight is 266 g/mol. The summed E-state index contributed by atoms with van der Waals surface area (Å²) in [6, 6.07) is 5.80. The molecular weight excluding hydrogens is 243 g/mol. The van der Waals surface area contributed by atoms with E-state index in [0.29, 0.717) is 11.8 Å². The van der Waals surface area contributed by atoms with Crippen LogP contribution < -0.4 is 10.1 Å². The number of benzene rings is 1. The molecule has 0 bridgehead atoms. The van der Waals surface area contributed by atoms with Gasteiger partial charge >= 0.3 is 0 Å². The molecule has 3 nitrogen and oxygen atoms in total. The number of ether oxygens (including phenoxy) is 1. The van der Waals surface area contributed by atoms with Gasteiger partial charge in [-0.1, -0.05) is 13.0 Å². The highest BCUT2D eigenvalue weighted by Crippen LogP contribution is 2.19. The third-order valence-corrected chi connectivity index (χ3v) is 3.71. The Hall–Kier alpha value is -1.13. The summed E-state index contributed by atoms with van der Waals surface area (Å²) >= 11 is 0. The second kappa shape index (κ2) is 6.87. The molecule has 0 radical (unpaired) electrons. The van der Waals surface area contributed by atoms with Crippen LogP contribution in [0.4, 0.5) is 4.39 Å². The molecule has 1 atom stereocenters. The Morgan fingerprint density at radius 1 is 1.47 bits per heavy atom. The molecule has 106 valence electrons. The fourth-order valence-corrected chi connectivity index (χ4v) is 2.60. The van der Waals surface area contributed by atoms with Crippen molar-refractivity contribution in [3.8, 4) is 5.75 Å². The number of methoxy groups -OCH3 is 1. The van der Waals surface area contributed by atoms with Crippen molar-refractivity contribution in [3.05, 3.63) is 29.6 Å². The van der Waals surface area contributed by atoms with Gasteiger partial charge in [0.2, 0.25) is 0 Å². The lowest BCUT2D eigenvalue weighted by atomic mass is 10.1. The zero-order valence-electron chi connectivity index (χ0n) is 11.8. The van der Waals surface area contributed by atoms with Crippen molar-refractivity contribution >= 4 is 0 Å². The van der Waals surface area contributed by atoms with Crippen molar-refractivity contribution in [2.45, 2.75) is 32.4 Å². The second-order valence-corrected chi connectivity index (χ2v) is 5.09. The minimum absolute atomic E-state index is 0.282. The summed E-state index contributed by atoms with van der Waals surface area (Å²) in [5.41, 5.74) is 0.998. The molecule has 0 saturated carbocycles. The molecule has 1 N–H and O–H groups in total. The highest BCUT2D eigenvalue weighted by Gasteiger charge is 2.17. The summed E-state index contributed by atoms with van der Waals surface area (Å²) in [6.07, 6.45) is 2.51. The minimum atomic E-state index is -0.282. The third-order valence-electron chi connectivity index (χ3n) is 3.71. The Kier molecular flexibility index (Phi) is 5.16. The highest BCUT2D eigenvalue weighted by atomic mass is 19.1. The van der Waals surface area contributed by atoms with Crippen LogP contribution in [0.5, 0.6) is 5.75 Å². The molecular formula is C15H23FN2O. The van der Waals surface area contributed by atoms with Crippen molar-refractivity contribution in [1.82, 2.24) is 10.2 Å². The van der Waals surface area contributed by atoms with E-state index >= 15 is 0 Å². The normalized spacial score (nSPS) is 19.1. The van der Waals surface area contributed by atoms with E-state index in [1.807, 2.05) is 6.07 Å². The maximum absolute atomic E-state index is 13.7. The Morgan fingerprint density at radius 2 is 2.32 bits per heavy atom. The molecule has 0 aromatic heterocycles. The van der Waals surface area contributed by atoms with Crippen LogP contribution in [0.2, 0.25) is 0 Å². The monoisotopic (exact) mass is 266 g/mol. The van der Waals surface area contributed by atoms with Crippen LogP contribution in [0.25, 0.3) is 0 Å². The summed E-state index contributed by atoms with van der Waals surface area (Å²) in [5, 5.41) is 3.50. The van der Waals surface area contributed by atoms with Gasteiger partial charge < -0.3 is 10.1 Å². The minimum Gasteiger partial charge on any atom is -0.494 e. The van der Waals surface area contributed by atoms with Gasteiger partial charge in [-0.05, 0) is 43.6 Å². The van der Waals surface area contributed by atoms with Gasteiger partial charge in [0.25, 0.3) is 0 Å². The molecule has 1 unspecified atom stereocenters. The smallest absolute Gasteiger partial charge is 0.165 e. The zero-order chi connectivity index (χ0) is 13.7. The first-order chi connectivity index (χ1) is 9.22. The van der Waals surface area contributed by atoms with Gasteiger partial charge in [0, 0.05) is 19.1 Å². The van der Waals surface area contributed by atoms with E-state index in [1.54, 1.807) is 12.1 Å². The van der Waals surface area contributed by atoms with Gasteiger partial charge in [0.1, 0.15) is 0 Å². The first kappa shape index (κ1) is 14.3. The molecule has 1 aromatic rings. The Bertz CT molecular complexity index is 405. The average Bonchev–Trinajstić information content (AvgIpc) is 2.91. The maximum Gasteiger partial charge on any atom is 0.165 e. The van der Waals surface area contributed by atoms with Crippen LogP contribution in [-0.2, 0) is 6.54 Å². The van der Waals surface area contributed by atoms with Crippen LogP contribution in [0, 0.1) is 5.82 Å². The highest BCUT2D eigenvalue weighted by molar-refractivity contribution is 5.29. The van der Waals surface area contributed by atoms with E-state index < -0.39 is 0 Å². The van der Waals surface area contributed by atoms with Crippen molar-refractivity contribution < 1.29 is 9.13 Å². The summed E-state index contributed by atoms with van der Waals surface area (Å²) in [6.45, 7) is 6.07. The number of nitrogens with zero attached hydrogens (tertiary/aromatic N) is 1. The van der Waals surface area contributed by atoms with Crippen molar-refractivity contribution in [1.29, 1.82) is 0 Å². The summed E-state index contributed by atoms with van der Waals surface area (Å²) in [5.74, 6) is 0.0271. The van der Waals surface area contributed by atoms with Gasteiger partial charge in [0.15, 0.2) is 11.6 Å². The Labute approximate surface area is 114 Å². The molecule has 1 saturated heterocycles. The van der Waals surface area contributed by atoms with Crippen LogP contribution in [0.3, 0.4) is 0 Å². The van der Waals surface area contributed by atoms with E-state index in [4.69, 9.17) is 4.74 Å². The van der Waals surface area contributed by atoms with E-state index in [2.05, 4.69) is 17.1 Å². The number of halogens is 1. The van der Waals surface area contributed by atoms with E-state index in [-0.39, 0.29) is 5.82 Å². The number of hydrogen-bond acceptors (Lipinski definition) is 3. The van der Waals surface area contributed by atoms with Crippen LogP contribution in [-0.4, -0.2) is 37.7 Å². The second-order valence-electron chi connectivity index (χ2n) is 5.09. The van der Waals surface area contributed by atoms with Gasteiger partial charge in [-0.3, -0.25) is 4.90 Å². The molecule has 1 heterocycles. The SMILES string of the molecule is CCN(Cc1ccc(OC)c(F)c1)CC1CCCN1.